The highest BCUT2D eigenvalue weighted by molar-refractivity contribution is 6.24. The molecule has 0 N–H and O–H groups in total. The highest BCUT2D eigenvalue weighted by Crippen LogP contribution is 2.39. The van der Waals surface area contributed by atoms with Gasteiger partial charge in [-0.25, -0.2) is 0 Å². The van der Waals surface area contributed by atoms with Gasteiger partial charge in [-0.05, 0) is 44.8 Å². The minimum absolute atomic E-state index is 1.07. The quantitative estimate of drug-likeness (QED) is 0.172. The first kappa shape index (κ1) is 22.4. The Morgan fingerprint density at radius 1 is 0.605 bits per heavy atom. The van der Waals surface area contributed by atoms with Crippen molar-refractivity contribution >= 4 is 59.7 Å². The number of aromatic nitrogens is 2. The van der Waals surface area contributed by atoms with Crippen molar-refractivity contribution in [3.63, 3.8) is 0 Å². The van der Waals surface area contributed by atoms with E-state index in [9.17, 15) is 0 Å². The lowest BCUT2D eigenvalue weighted by atomic mass is 9.95. The molecule has 0 atom stereocenters. The molecule has 2 aromatic heterocycles. The lowest BCUT2D eigenvalue weighted by Gasteiger charge is -2.12. The average molecular weight is 489 g/mol. The molecule has 0 bridgehead atoms. The van der Waals surface area contributed by atoms with E-state index in [0.29, 0.717) is 0 Å². The molecule has 2 nitrogen and oxygen atoms in total. The van der Waals surface area contributed by atoms with Gasteiger partial charge in [0.2, 0.25) is 0 Å². The Bertz CT molecular complexity index is 2110. The summed E-state index contributed by atoms with van der Waals surface area (Å²) < 4.78 is 4.61. The van der Waals surface area contributed by atoms with Gasteiger partial charge in [-0.15, -0.1) is 0 Å². The van der Waals surface area contributed by atoms with Crippen LogP contribution in [0.15, 0.2) is 122 Å². The van der Waals surface area contributed by atoms with Crippen LogP contribution in [0.1, 0.15) is 5.69 Å². The predicted molar refractivity (Wildman–Crippen MR) is 166 cm³/mol. The first-order valence-corrected chi connectivity index (χ1v) is 13.0. The summed E-state index contributed by atoms with van der Waals surface area (Å²) in [5, 5.41) is 10.2. The maximum atomic E-state index is 4.01. The number of allylic oxidation sites excluding steroid dienone is 4. The fraction of sp³-hybridized carbons (Fsp3) is 0.0556. The molecule has 0 aliphatic heterocycles. The maximum Gasteiger partial charge on any atom is 0.0562 e. The lowest BCUT2D eigenvalue weighted by molar-refractivity contribution is 0.953. The molecule has 0 fully saturated rings. The molecule has 0 aliphatic carbocycles. The van der Waals surface area contributed by atoms with Gasteiger partial charge in [0.05, 0.1) is 11.0 Å². The summed E-state index contributed by atoms with van der Waals surface area (Å²) in [6.07, 6.45) is 5.73. The molecule has 0 aliphatic rings. The molecule has 5 aromatic carbocycles. The van der Waals surface area contributed by atoms with Crippen molar-refractivity contribution in [1.82, 2.24) is 9.13 Å². The van der Waals surface area contributed by atoms with Crippen molar-refractivity contribution in [1.29, 1.82) is 0 Å². The summed E-state index contributed by atoms with van der Waals surface area (Å²) in [4.78, 5) is 0. The van der Waals surface area contributed by atoms with Gasteiger partial charge in [-0.1, -0.05) is 110 Å². The average Bonchev–Trinajstić information content (AvgIpc) is 3.48. The van der Waals surface area contributed by atoms with Crippen LogP contribution in [0.25, 0.3) is 71.0 Å². The first-order valence-electron chi connectivity index (χ1n) is 13.0. The van der Waals surface area contributed by atoms with E-state index in [1.54, 1.807) is 0 Å². The molecule has 2 heterocycles. The second kappa shape index (κ2) is 8.36. The number of hydrogen-bond donors (Lipinski definition) is 0. The minimum Gasteiger partial charge on any atom is -0.343 e. The number of aryl methyl sites for hydroxylation is 2. The Labute approximate surface area is 222 Å². The van der Waals surface area contributed by atoms with E-state index in [2.05, 4.69) is 127 Å². The molecule has 2 heteroatoms. The minimum atomic E-state index is 1.07. The number of hydrogen-bond acceptors (Lipinski definition) is 0. The SMILES string of the molecule is C=C/C=C(\C=C)c1cc2ccc3c4ccc5c(ccc6cc(-c7ccccc7)n(C)c65)c4ccc3c2n1C. The van der Waals surface area contributed by atoms with Gasteiger partial charge in [0.25, 0.3) is 0 Å². The Morgan fingerprint density at radius 3 is 1.74 bits per heavy atom. The Balaban J connectivity index is 1.50. The second-order valence-corrected chi connectivity index (χ2v) is 10.0. The van der Waals surface area contributed by atoms with Gasteiger partial charge in [0, 0.05) is 47.0 Å². The molecular formula is C36H28N2. The van der Waals surface area contributed by atoms with Crippen LogP contribution in [0.5, 0.6) is 0 Å². The van der Waals surface area contributed by atoms with Gasteiger partial charge in [0.1, 0.15) is 0 Å². The van der Waals surface area contributed by atoms with E-state index >= 15 is 0 Å². The normalized spacial score (nSPS) is 12.3. The topological polar surface area (TPSA) is 9.86 Å². The van der Waals surface area contributed by atoms with Crippen molar-refractivity contribution in [3.8, 4) is 11.3 Å². The smallest absolute Gasteiger partial charge is 0.0562 e. The Kier molecular flexibility index (Phi) is 4.92. The molecule has 38 heavy (non-hydrogen) atoms. The van der Waals surface area contributed by atoms with E-state index in [1.807, 2.05) is 18.2 Å². The third-order valence-electron chi connectivity index (χ3n) is 8.06. The third kappa shape index (κ3) is 3.07. The molecule has 0 radical (unpaired) electrons. The van der Waals surface area contributed by atoms with Crippen LogP contribution in [0.4, 0.5) is 0 Å². The lowest BCUT2D eigenvalue weighted by Crippen LogP contribution is -1.95. The van der Waals surface area contributed by atoms with Crippen LogP contribution in [0.2, 0.25) is 0 Å². The highest BCUT2D eigenvalue weighted by Gasteiger charge is 2.15. The van der Waals surface area contributed by atoms with Crippen molar-refractivity contribution < 1.29 is 0 Å². The molecule has 0 spiro atoms. The number of fused-ring (bicyclic) bond motifs is 9. The van der Waals surface area contributed by atoms with E-state index in [1.165, 1.54) is 65.4 Å². The zero-order valence-corrected chi connectivity index (χ0v) is 21.7. The Hall–Kier alpha value is -4.82. The zero-order chi connectivity index (χ0) is 26.0. The summed E-state index contributed by atoms with van der Waals surface area (Å²) in [5.41, 5.74) is 7.19. The summed E-state index contributed by atoms with van der Waals surface area (Å²) in [6, 6.07) is 33.4. The van der Waals surface area contributed by atoms with Crippen molar-refractivity contribution in [2.75, 3.05) is 0 Å². The van der Waals surface area contributed by atoms with Crippen LogP contribution < -0.4 is 0 Å². The van der Waals surface area contributed by atoms with E-state index < -0.39 is 0 Å². The van der Waals surface area contributed by atoms with Crippen molar-refractivity contribution in [2.45, 2.75) is 0 Å². The molecule has 0 unspecified atom stereocenters. The van der Waals surface area contributed by atoms with Crippen LogP contribution in [0.3, 0.4) is 0 Å². The summed E-state index contributed by atoms with van der Waals surface area (Å²) in [7, 11) is 4.31. The molecule has 0 saturated carbocycles. The number of nitrogens with zero attached hydrogens (tertiary/aromatic N) is 2. The largest absolute Gasteiger partial charge is 0.343 e. The molecule has 7 rings (SSSR count). The fourth-order valence-corrected chi connectivity index (χ4v) is 6.30. The summed E-state index contributed by atoms with van der Waals surface area (Å²) >= 11 is 0. The van der Waals surface area contributed by atoms with Crippen LogP contribution in [0, 0.1) is 0 Å². The summed E-state index contributed by atoms with van der Waals surface area (Å²) in [5.74, 6) is 0. The number of benzene rings is 5. The Morgan fingerprint density at radius 2 is 1.13 bits per heavy atom. The van der Waals surface area contributed by atoms with Gasteiger partial charge in [0.15, 0.2) is 0 Å². The maximum absolute atomic E-state index is 4.01. The number of rotatable bonds is 4. The second-order valence-electron chi connectivity index (χ2n) is 10.0. The van der Waals surface area contributed by atoms with Crippen LogP contribution in [-0.2, 0) is 14.1 Å². The fourth-order valence-electron chi connectivity index (χ4n) is 6.30. The van der Waals surface area contributed by atoms with Gasteiger partial charge in [-0.2, -0.15) is 0 Å². The van der Waals surface area contributed by atoms with Crippen molar-refractivity contribution in [2.24, 2.45) is 14.1 Å². The van der Waals surface area contributed by atoms with Crippen LogP contribution in [-0.4, -0.2) is 9.13 Å². The monoisotopic (exact) mass is 488 g/mol. The van der Waals surface area contributed by atoms with Crippen LogP contribution >= 0.6 is 0 Å². The first-order chi connectivity index (χ1) is 18.6. The molecule has 182 valence electrons. The van der Waals surface area contributed by atoms with Gasteiger partial charge >= 0.3 is 0 Å². The molecular weight excluding hydrogens is 460 g/mol. The van der Waals surface area contributed by atoms with E-state index in [4.69, 9.17) is 0 Å². The third-order valence-corrected chi connectivity index (χ3v) is 8.06. The van der Waals surface area contributed by atoms with E-state index in [0.717, 1.165) is 11.3 Å². The molecule has 0 saturated heterocycles. The predicted octanol–water partition coefficient (Wildman–Crippen LogP) is 9.55. The van der Waals surface area contributed by atoms with E-state index in [-0.39, 0.29) is 0 Å². The van der Waals surface area contributed by atoms with Gasteiger partial charge in [-0.3, -0.25) is 0 Å². The molecule has 7 aromatic rings. The van der Waals surface area contributed by atoms with Gasteiger partial charge < -0.3 is 9.13 Å². The van der Waals surface area contributed by atoms with Crippen molar-refractivity contribution in [3.05, 3.63) is 128 Å². The standard InChI is InChI=1S/C36H28N2/c1-5-10-23(6-2)33-21-25-13-15-29-27-18-20-32-30(28(27)17-19-31(29)35(25)37(33)3)16-14-26-22-34(38(4)36(26)32)24-11-8-7-9-12-24/h5-22H,1-2H2,3-4H3/b23-10+. The molecule has 0 amide bonds. The zero-order valence-electron chi connectivity index (χ0n) is 21.7. The highest BCUT2D eigenvalue weighted by atomic mass is 15.0. The summed E-state index contributed by atoms with van der Waals surface area (Å²) in [6.45, 7) is 7.89.